The van der Waals surface area contributed by atoms with Crippen LogP contribution in [0.1, 0.15) is 47.4 Å². The van der Waals surface area contributed by atoms with Crippen molar-refractivity contribution in [2.45, 2.75) is 38.8 Å². The van der Waals surface area contributed by atoms with E-state index in [1.54, 1.807) is 41.7 Å². The first kappa shape index (κ1) is 22.6. The highest BCUT2D eigenvalue weighted by molar-refractivity contribution is 5.97. The molecule has 3 aromatic rings. The maximum Gasteiger partial charge on any atom is 0.346 e. The Morgan fingerprint density at radius 3 is 2.42 bits per heavy atom. The highest BCUT2D eigenvalue weighted by Crippen LogP contribution is 2.30. The van der Waals surface area contributed by atoms with Gasteiger partial charge in [-0.25, -0.2) is 9.48 Å². The molecule has 33 heavy (non-hydrogen) atoms. The van der Waals surface area contributed by atoms with Gasteiger partial charge >= 0.3 is 5.69 Å². The predicted octanol–water partition coefficient (Wildman–Crippen LogP) is 3.15. The van der Waals surface area contributed by atoms with Gasteiger partial charge in [0.05, 0.1) is 26.3 Å². The SMILES string of the molecule is CCn1c(C2CCN(C(=O)c3ccc(OC)cc3OC)CC2)nn(Cc2ccccc2)c1=O. The molecular weight excluding hydrogens is 420 g/mol. The molecular formula is C25H30N4O4. The first-order valence-electron chi connectivity index (χ1n) is 11.3. The minimum absolute atomic E-state index is 0.0598. The van der Waals surface area contributed by atoms with Gasteiger partial charge in [0.2, 0.25) is 0 Å². The van der Waals surface area contributed by atoms with Gasteiger partial charge in [-0.15, -0.1) is 0 Å². The molecule has 0 radical (unpaired) electrons. The van der Waals surface area contributed by atoms with E-state index in [1.165, 1.54) is 0 Å². The number of aromatic nitrogens is 3. The van der Waals surface area contributed by atoms with Crippen LogP contribution in [0.15, 0.2) is 53.3 Å². The number of rotatable bonds is 7. The quantitative estimate of drug-likeness (QED) is 0.553. The van der Waals surface area contributed by atoms with Gasteiger partial charge in [-0.2, -0.15) is 5.10 Å². The fourth-order valence-electron chi connectivity index (χ4n) is 4.40. The summed E-state index contributed by atoms with van der Waals surface area (Å²) in [6, 6.07) is 15.1. The standard InChI is InChI=1S/C25H30N4O4/c1-4-28-23(26-29(25(28)31)17-18-8-6-5-7-9-18)19-12-14-27(15-13-19)24(30)21-11-10-20(32-2)16-22(21)33-3/h5-11,16,19H,4,12-15,17H2,1-3H3. The first-order valence-corrected chi connectivity index (χ1v) is 11.3. The first-order chi connectivity index (χ1) is 16.0. The smallest absolute Gasteiger partial charge is 0.346 e. The molecule has 0 aliphatic carbocycles. The average molecular weight is 451 g/mol. The minimum atomic E-state index is -0.0853. The van der Waals surface area contributed by atoms with Crippen molar-refractivity contribution < 1.29 is 14.3 Å². The van der Waals surface area contributed by atoms with E-state index in [4.69, 9.17) is 14.6 Å². The third-order valence-electron chi connectivity index (χ3n) is 6.23. The van der Waals surface area contributed by atoms with Crippen LogP contribution in [-0.4, -0.2) is 52.5 Å². The van der Waals surface area contributed by atoms with Gasteiger partial charge in [0.15, 0.2) is 0 Å². The zero-order valence-electron chi connectivity index (χ0n) is 19.4. The molecule has 0 bridgehead atoms. The predicted molar refractivity (Wildman–Crippen MR) is 125 cm³/mol. The van der Waals surface area contributed by atoms with Gasteiger partial charge in [-0.3, -0.25) is 9.36 Å². The summed E-state index contributed by atoms with van der Waals surface area (Å²) in [6.07, 6.45) is 1.51. The Balaban J connectivity index is 1.48. The van der Waals surface area contributed by atoms with Crippen molar-refractivity contribution in [2.24, 2.45) is 0 Å². The number of piperidine rings is 1. The van der Waals surface area contributed by atoms with Crippen LogP contribution in [-0.2, 0) is 13.1 Å². The number of methoxy groups -OCH3 is 2. The van der Waals surface area contributed by atoms with Gasteiger partial charge in [0, 0.05) is 31.6 Å². The fraction of sp³-hybridized carbons (Fsp3) is 0.400. The van der Waals surface area contributed by atoms with Crippen molar-refractivity contribution in [1.29, 1.82) is 0 Å². The van der Waals surface area contributed by atoms with E-state index in [1.807, 2.05) is 42.2 Å². The fourth-order valence-corrected chi connectivity index (χ4v) is 4.40. The van der Waals surface area contributed by atoms with E-state index in [2.05, 4.69) is 0 Å². The van der Waals surface area contributed by atoms with E-state index < -0.39 is 0 Å². The van der Waals surface area contributed by atoms with E-state index in [0.717, 1.165) is 24.2 Å². The number of hydrogen-bond donors (Lipinski definition) is 0. The van der Waals surface area contributed by atoms with Crippen LogP contribution in [0.25, 0.3) is 0 Å². The topological polar surface area (TPSA) is 78.6 Å². The third kappa shape index (κ3) is 4.65. The molecule has 2 heterocycles. The second kappa shape index (κ2) is 9.94. The molecule has 1 aliphatic rings. The lowest BCUT2D eigenvalue weighted by Gasteiger charge is -2.32. The zero-order valence-corrected chi connectivity index (χ0v) is 19.4. The number of carbonyl (C=O) groups is 1. The van der Waals surface area contributed by atoms with Crippen molar-refractivity contribution in [3.05, 3.63) is 76.0 Å². The number of likely N-dealkylation sites (tertiary alicyclic amines) is 1. The zero-order chi connectivity index (χ0) is 23.4. The third-order valence-corrected chi connectivity index (χ3v) is 6.23. The molecule has 1 saturated heterocycles. The maximum absolute atomic E-state index is 13.1. The summed E-state index contributed by atoms with van der Waals surface area (Å²) in [5.41, 5.74) is 1.48. The van der Waals surface area contributed by atoms with Crippen molar-refractivity contribution in [3.63, 3.8) is 0 Å². The number of hydrogen-bond acceptors (Lipinski definition) is 5. The van der Waals surface area contributed by atoms with Gasteiger partial charge in [0.1, 0.15) is 17.3 Å². The molecule has 1 aliphatic heterocycles. The Morgan fingerprint density at radius 2 is 1.79 bits per heavy atom. The molecule has 0 atom stereocenters. The Morgan fingerprint density at radius 1 is 1.06 bits per heavy atom. The minimum Gasteiger partial charge on any atom is -0.497 e. The number of carbonyl (C=O) groups excluding carboxylic acids is 1. The summed E-state index contributed by atoms with van der Waals surface area (Å²) in [4.78, 5) is 27.9. The van der Waals surface area contributed by atoms with Crippen LogP contribution in [0, 0.1) is 0 Å². The second-order valence-electron chi connectivity index (χ2n) is 8.16. The Hall–Kier alpha value is -3.55. The van der Waals surface area contributed by atoms with E-state index in [0.29, 0.717) is 43.2 Å². The highest BCUT2D eigenvalue weighted by atomic mass is 16.5. The Labute approximate surface area is 193 Å². The summed E-state index contributed by atoms with van der Waals surface area (Å²) in [5, 5.41) is 4.70. The molecule has 8 nitrogen and oxygen atoms in total. The average Bonchev–Trinajstić information content (AvgIpc) is 3.18. The maximum atomic E-state index is 13.1. The van der Waals surface area contributed by atoms with Gasteiger partial charge < -0.3 is 14.4 Å². The molecule has 1 fully saturated rings. The summed E-state index contributed by atoms with van der Waals surface area (Å²) in [5.74, 6) is 2.03. The van der Waals surface area contributed by atoms with Crippen LogP contribution in [0.3, 0.4) is 0 Å². The number of amides is 1. The second-order valence-corrected chi connectivity index (χ2v) is 8.16. The lowest BCUT2D eigenvalue weighted by molar-refractivity contribution is 0.0706. The van der Waals surface area contributed by atoms with Crippen molar-refractivity contribution in [3.8, 4) is 11.5 Å². The largest absolute Gasteiger partial charge is 0.497 e. The molecule has 0 saturated carbocycles. The lowest BCUT2D eigenvalue weighted by Crippen LogP contribution is -2.38. The van der Waals surface area contributed by atoms with Gasteiger partial charge in [0.25, 0.3) is 5.91 Å². The van der Waals surface area contributed by atoms with Crippen molar-refractivity contribution in [2.75, 3.05) is 27.3 Å². The molecule has 0 N–H and O–H groups in total. The van der Waals surface area contributed by atoms with Crippen LogP contribution >= 0.6 is 0 Å². The summed E-state index contributed by atoms with van der Waals surface area (Å²) >= 11 is 0. The van der Waals surface area contributed by atoms with E-state index in [-0.39, 0.29) is 17.5 Å². The number of benzene rings is 2. The molecule has 4 rings (SSSR count). The van der Waals surface area contributed by atoms with Crippen LogP contribution < -0.4 is 15.2 Å². The summed E-state index contributed by atoms with van der Waals surface area (Å²) < 4.78 is 13.9. The van der Waals surface area contributed by atoms with Crippen molar-refractivity contribution in [1.82, 2.24) is 19.2 Å². The normalized spacial score (nSPS) is 14.3. The van der Waals surface area contributed by atoms with E-state index >= 15 is 0 Å². The molecule has 0 spiro atoms. The highest BCUT2D eigenvalue weighted by Gasteiger charge is 2.29. The molecule has 1 aromatic heterocycles. The van der Waals surface area contributed by atoms with Crippen LogP contribution in [0.2, 0.25) is 0 Å². The molecule has 8 heteroatoms. The summed E-state index contributed by atoms with van der Waals surface area (Å²) in [7, 11) is 3.13. The van der Waals surface area contributed by atoms with Crippen molar-refractivity contribution >= 4 is 5.91 Å². The number of nitrogens with zero attached hydrogens (tertiary/aromatic N) is 4. The van der Waals surface area contributed by atoms with Crippen LogP contribution in [0.4, 0.5) is 0 Å². The Bertz CT molecular complexity index is 1160. The monoisotopic (exact) mass is 450 g/mol. The summed E-state index contributed by atoms with van der Waals surface area (Å²) in [6.45, 7) is 4.19. The van der Waals surface area contributed by atoms with E-state index in [9.17, 15) is 9.59 Å². The number of ether oxygens (including phenoxy) is 2. The molecule has 174 valence electrons. The van der Waals surface area contributed by atoms with Crippen LogP contribution in [0.5, 0.6) is 11.5 Å². The van der Waals surface area contributed by atoms with Gasteiger partial charge in [-0.1, -0.05) is 30.3 Å². The lowest BCUT2D eigenvalue weighted by atomic mass is 9.95. The molecule has 0 unspecified atom stereocenters. The molecule has 2 aromatic carbocycles. The molecule has 1 amide bonds. The Kier molecular flexibility index (Phi) is 6.82. The van der Waals surface area contributed by atoms with Gasteiger partial charge in [-0.05, 0) is 37.5 Å².